The summed E-state index contributed by atoms with van der Waals surface area (Å²) in [6.07, 6.45) is 2.75. The van der Waals surface area contributed by atoms with Crippen molar-refractivity contribution < 1.29 is 14.3 Å². The van der Waals surface area contributed by atoms with E-state index in [0.717, 1.165) is 4.73 Å². The van der Waals surface area contributed by atoms with Gasteiger partial charge in [0.15, 0.2) is 11.9 Å². The van der Waals surface area contributed by atoms with Gasteiger partial charge in [-0.05, 0) is 6.42 Å². The van der Waals surface area contributed by atoms with Gasteiger partial charge in [0.2, 0.25) is 0 Å². The van der Waals surface area contributed by atoms with Crippen molar-refractivity contribution in [2.45, 2.75) is 19.8 Å². The molecule has 0 aliphatic carbocycles. The molecule has 14 heavy (non-hydrogen) atoms. The zero-order valence-electron chi connectivity index (χ0n) is 8.10. The van der Waals surface area contributed by atoms with Crippen LogP contribution in [0.2, 0.25) is 0 Å². The van der Waals surface area contributed by atoms with Crippen LogP contribution in [-0.4, -0.2) is 12.6 Å². The van der Waals surface area contributed by atoms with E-state index in [9.17, 15) is 10.0 Å². The number of aryl methyl sites for hydroxylation is 1. The predicted molar refractivity (Wildman–Crippen MR) is 50.4 cm³/mol. The first kappa shape index (κ1) is 10.5. The Hall–Kier alpha value is -1.58. The SMILES string of the molecule is CC(=O)OCCCc1cccc[n+]1[O-]. The summed E-state index contributed by atoms with van der Waals surface area (Å²) in [4.78, 5) is 10.4. The smallest absolute Gasteiger partial charge is 0.302 e. The first-order valence-corrected chi connectivity index (χ1v) is 4.50. The maximum Gasteiger partial charge on any atom is 0.302 e. The molecule has 4 heteroatoms. The lowest BCUT2D eigenvalue weighted by molar-refractivity contribution is -0.614. The number of ether oxygens (including phenoxy) is 1. The number of carbonyl (C=O) groups is 1. The average Bonchev–Trinajstić information content (AvgIpc) is 2.15. The third-order valence-corrected chi connectivity index (χ3v) is 1.79. The van der Waals surface area contributed by atoms with Crippen LogP contribution >= 0.6 is 0 Å². The summed E-state index contributed by atoms with van der Waals surface area (Å²) in [5.74, 6) is -0.284. The highest BCUT2D eigenvalue weighted by Gasteiger charge is 2.03. The molecular weight excluding hydrogens is 182 g/mol. The number of rotatable bonds is 4. The minimum atomic E-state index is -0.284. The van der Waals surface area contributed by atoms with E-state index in [4.69, 9.17) is 4.74 Å². The Morgan fingerprint density at radius 3 is 3.00 bits per heavy atom. The summed E-state index contributed by atoms with van der Waals surface area (Å²) in [5, 5.41) is 11.2. The number of nitrogens with zero attached hydrogens (tertiary/aromatic N) is 1. The number of esters is 1. The molecule has 1 aromatic heterocycles. The largest absolute Gasteiger partial charge is 0.619 e. The molecule has 0 fully saturated rings. The lowest BCUT2D eigenvalue weighted by Gasteiger charge is -2.03. The zero-order valence-corrected chi connectivity index (χ0v) is 8.10. The van der Waals surface area contributed by atoms with Crippen LogP contribution in [0.4, 0.5) is 0 Å². The number of hydrogen-bond acceptors (Lipinski definition) is 3. The van der Waals surface area contributed by atoms with E-state index in [2.05, 4.69) is 0 Å². The third-order valence-electron chi connectivity index (χ3n) is 1.79. The lowest BCUT2D eigenvalue weighted by atomic mass is 10.2. The first-order chi connectivity index (χ1) is 6.70. The summed E-state index contributed by atoms with van der Waals surface area (Å²) < 4.78 is 5.58. The molecule has 0 aliphatic rings. The Bertz CT molecular complexity index is 312. The Morgan fingerprint density at radius 2 is 2.36 bits per heavy atom. The van der Waals surface area contributed by atoms with Crippen molar-refractivity contribution in [3.05, 3.63) is 35.3 Å². The van der Waals surface area contributed by atoms with Crippen LogP contribution in [-0.2, 0) is 16.0 Å². The average molecular weight is 195 g/mol. The van der Waals surface area contributed by atoms with Gasteiger partial charge in [-0.1, -0.05) is 6.07 Å². The summed E-state index contributed by atoms with van der Waals surface area (Å²) in [6, 6.07) is 5.26. The summed E-state index contributed by atoms with van der Waals surface area (Å²) in [7, 11) is 0. The molecule has 4 nitrogen and oxygen atoms in total. The molecule has 0 N–H and O–H groups in total. The molecule has 0 saturated carbocycles. The van der Waals surface area contributed by atoms with Crippen LogP contribution in [0.5, 0.6) is 0 Å². The van der Waals surface area contributed by atoms with Crippen molar-refractivity contribution in [3.8, 4) is 0 Å². The van der Waals surface area contributed by atoms with Crippen LogP contribution in [0.1, 0.15) is 19.0 Å². The topological polar surface area (TPSA) is 53.2 Å². The molecule has 0 saturated heterocycles. The Labute approximate surface area is 82.7 Å². The molecule has 1 rings (SSSR count). The van der Waals surface area contributed by atoms with Crippen molar-refractivity contribution in [2.24, 2.45) is 0 Å². The Kier molecular flexibility index (Phi) is 3.91. The van der Waals surface area contributed by atoms with Gasteiger partial charge in [-0.3, -0.25) is 4.79 Å². The van der Waals surface area contributed by atoms with Crippen LogP contribution in [0, 0.1) is 5.21 Å². The van der Waals surface area contributed by atoms with Crippen molar-refractivity contribution in [1.82, 2.24) is 0 Å². The summed E-state index contributed by atoms with van der Waals surface area (Å²) in [5.41, 5.74) is 0.694. The highest BCUT2D eigenvalue weighted by molar-refractivity contribution is 5.65. The second kappa shape index (κ2) is 5.21. The highest BCUT2D eigenvalue weighted by Crippen LogP contribution is 1.96. The molecule has 1 aromatic rings. The van der Waals surface area contributed by atoms with Crippen molar-refractivity contribution >= 4 is 5.97 Å². The fourth-order valence-electron chi connectivity index (χ4n) is 1.13. The molecule has 0 bridgehead atoms. The summed E-state index contributed by atoms with van der Waals surface area (Å²) in [6.45, 7) is 1.74. The maximum absolute atomic E-state index is 11.2. The number of aromatic nitrogens is 1. The third kappa shape index (κ3) is 3.43. The Morgan fingerprint density at radius 1 is 1.57 bits per heavy atom. The first-order valence-electron chi connectivity index (χ1n) is 4.50. The van der Waals surface area contributed by atoms with Crippen LogP contribution in [0.15, 0.2) is 24.4 Å². The van der Waals surface area contributed by atoms with Gasteiger partial charge >= 0.3 is 5.97 Å². The van der Waals surface area contributed by atoms with Gasteiger partial charge in [-0.15, -0.1) is 0 Å². The molecule has 0 unspecified atom stereocenters. The maximum atomic E-state index is 11.2. The number of pyridine rings is 1. The van der Waals surface area contributed by atoms with E-state index >= 15 is 0 Å². The van der Waals surface area contributed by atoms with E-state index in [1.54, 1.807) is 12.1 Å². The van der Waals surface area contributed by atoms with Gasteiger partial charge in [0.05, 0.1) is 6.61 Å². The predicted octanol–water partition coefficient (Wildman–Crippen LogP) is 0.816. The van der Waals surface area contributed by atoms with Crippen molar-refractivity contribution in [1.29, 1.82) is 0 Å². The lowest BCUT2D eigenvalue weighted by Crippen LogP contribution is -2.30. The van der Waals surface area contributed by atoms with Gasteiger partial charge in [-0.25, -0.2) is 0 Å². The van der Waals surface area contributed by atoms with E-state index in [1.165, 1.54) is 13.1 Å². The van der Waals surface area contributed by atoms with E-state index in [-0.39, 0.29) is 5.97 Å². The second-order valence-electron chi connectivity index (χ2n) is 2.96. The van der Waals surface area contributed by atoms with Crippen LogP contribution in [0.3, 0.4) is 0 Å². The monoisotopic (exact) mass is 195 g/mol. The minimum Gasteiger partial charge on any atom is -0.619 e. The molecule has 0 radical (unpaired) electrons. The molecule has 76 valence electrons. The van der Waals surface area contributed by atoms with Gasteiger partial charge in [-0.2, -0.15) is 4.73 Å². The molecular formula is C10H13NO3. The molecule has 0 aliphatic heterocycles. The summed E-state index contributed by atoms with van der Waals surface area (Å²) >= 11 is 0. The fraction of sp³-hybridized carbons (Fsp3) is 0.400. The van der Waals surface area contributed by atoms with Gasteiger partial charge in [0.1, 0.15) is 0 Å². The standard InChI is InChI=1S/C10H13NO3/c1-9(12)14-8-4-6-10-5-2-3-7-11(10)13/h2-3,5,7H,4,6,8H2,1H3. The van der Waals surface area contributed by atoms with Gasteiger partial charge in [0, 0.05) is 25.5 Å². The van der Waals surface area contributed by atoms with Gasteiger partial charge in [0.25, 0.3) is 0 Å². The zero-order chi connectivity index (χ0) is 10.4. The molecule has 0 amide bonds. The molecule has 0 aromatic carbocycles. The van der Waals surface area contributed by atoms with E-state index in [0.29, 0.717) is 25.1 Å². The van der Waals surface area contributed by atoms with Crippen molar-refractivity contribution in [3.63, 3.8) is 0 Å². The number of hydrogen-bond donors (Lipinski definition) is 0. The quantitative estimate of drug-likeness (QED) is 0.309. The fourth-order valence-corrected chi connectivity index (χ4v) is 1.13. The molecule has 1 heterocycles. The van der Waals surface area contributed by atoms with E-state index < -0.39 is 0 Å². The molecule has 0 spiro atoms. The normalized spacial score (nSPS) is 9.79. The van der Waals surface area contributed by atoms with Crippen molar-refractivity contribution in [2.75, 3.05) is 6.61 Å². The second-order valence-corrected chi connectivity index (χ2v) is 2.96. The van der Waals surface area contributed by atoms with Crippen LogP contribution in [0.25, 0.3) is 0 Å². The Balaban J connectivity index is 2.31. The molecule has 0 atom stereocenters. The minimum absolute atomic E-state index is 0.284. The van der Waals surface area contributed by atoms with Crippen LogP contribution < -0.4 is 4.73 Å². The van der Waals surface area contributed by atoms with Gasteiger partial charge < -0.3 is 9.94 Å². The number of carbonyl (C=O) groups excluding carboxylic acids is 1. The highest BCUT2D eigenvalue weighted by atomic mass is 16.5. The van der Waals surface area contributed by atoms with E-state index in [1.807, 2.05) is 6.07 Å².